The lowest BCUT2D eigenvalue weighted by Gasteiger charge is -2.17. The number of esters is 1. The van der Waals surface area contributed by atoms with Gasteiger partial charge in [-0.3, -0.25) is 4.79 Å². The minimum Gasteiger partial charge on any atom is -0.465 e. The molecule has 33 heavy (non-hydrogen) atoms. The van der Waals surface area contributed by atoms with Crippen LogP contribution in [-0.2, 0) is 9.53 Å². The van der Waals surface area contributed by atoms with E-state index in [4.69, 9.17) is 4.74 Å². The summed E-state index contributed by atoms with van der Waals surface area (Å²) < 4.78 is 5.74. The van der Waals surface area contributed by atoms with Crippen LogP contribution in [0.25, 0.3) is 0 Å². The zero-order chi connectivity index (χ0) is 24.2. The van der Waals surface area contributed by atoms with Gasteiger partial charge in [-0.1, -0.05) is 156 Å². The molecule has 0 aromatic rings. The van der Waals surface area contributed by atoms with Crippen LogP contribution in [0.5, 0.6) is 0 Å². The Kier molecular flexibility index (Phi) is 27.3. The van der Waals surface area contributed by atoms with Gasteiger partial charge in [-0.15, -0.1) is 0 Å². The van der Waals surface area contributed by atoms with Crippen molar-refractivity contribution in [1.82, 2.24) is 0 Å². The number of carbonyl (C=O) groups excluding carboxylic acids is 1. The number of unbranched alkanes of at least 4 members (excludes halogenated alkanes) is 19. The van der Waals surface area contributed by atoms with Crippen LogP contribution in [0.15, 0.2) is 0 Å². The van der Waals surface area contributed by atoms with E-state index >= 15 is 0 Å². The predicted octanol–water partition coefficient (Wildman–Crippen LogP) is 11.0. The number of rotatable bonds is 27. The van der Waals surface area contributed by atoms with Gasteiger partial charge in [0.25, 0.3) is 0 Å². The van der Waals surface area contributed by atoms with Crippen LogP contribution >= 0.6 is 0 Å². The maximum atomic E-state index is 12.2. The topological polar surface area (TPSA) is 26.3 Å². The summed E-state index contributed by atoms with van der Waals surface area (Å²) in [5, 5.41) is 0. The molecule has 0 heterocycles. The zero-order valence-electron chi connectivity index (χ0n) is 23.3. The van der Waals surface area contributed by atoms with Gasteiger partial charge in [-0.25, -0.2) is 0 Å². The Morgan fingerprint density at radius 1 is 0.485 bits per heavy atom. The highest BCUT2D eigenvalue weighted by Gasteiger charge is 2.12. The molecule has 0 saturated heterocycles. The molecular weight excluding hydrogens is 404 g/mol. The van der Waals surface area contributed by atoms with Crippen molar-refractivity contribution >= 4 is 5.97 Å². The van der Waals surface area contributed by atoms with E-state index in [0.717, 1.165) is 6.42 Å². The third-order valence-corrected chi connectivity index (χ3v) is 7.15. The van der Waals surface area contributed by atoms with Gasteiger partial charge in [-0.2, -0.15) is 0 Å². The predicted molar refractivity (Wildman–Crippen MR) is 147 cm³/mol. The largest absolute Gasteiger partial charge is 0.465 e. The van der Waals surface area contributed by atoms with Gasteiger partial charge in [0.1, 0.15) is 0 Å². The Bertz CT molecular complexity index is 379. The smallest absolute Gasteiger partial charge is 0.305 e. The minimum absolute atomic E-state index is 0.0462. The Balaban J connectivity index is 3.95. The number of ether oxygens (including phenoxy) is 1. The van der Waals surface area contributed by atoms with Crippen LogP contribution < -0.4 is 0 Å². The first-order valence-electron chi connectivity index (χ1n) is 15.4. The fourth-order valence-electron chi connectivity index (χ4n) is 4.78. The van der Waals surface area contributed by atoms with Gasteiger partial charge >= 0.3 is 5.97 Å². The first kappa shape index (κ1) is 32.5. The number of carbonyl (C=O) groups is 1. The van der Waals surface area contributed by atoms with E-state index < -0.39 is 0 Å². The van der Waals surface area contributed by atoms with Crippen molar-refractivity contribution in [2.75, 3.05) is 6.61 Å². The number of hydrogen-bond acceptors (Lipinski definition) is 2. The molecule has 0 aliphatic carbocycles. The number of hydrogen-bond donors (Lipinski definition) is 0. The molecule has 0 N–H and O–H groups in total. The standard InChI is InChI=1S/C31H62O2/c1-4-7-10-13-16-18-21-24-27-30(26-23-20-15-12-9-6-3)29-33-31(32)28-25-22-19-17-14-11-8-5-2/h30H,4-29H2,1-3H3. The van der Waals surface area contributed by atoms with Crippen molar-refractivity contribution in [2.45, 2.75) is 181 Å². The van der Waals surface area contributed by atoms with Crippen LogP contribution in [0.2, 0.25) is 0 Å². The molecule has 0 saturated carbocycles. The second-order valence-electron chi connectivity index (χ2n) is 10.6. The van der Waals surface area contributed by atoms with Crippen molar-refractivity contribution in [3.63, 3.8) is 0 Å². The lowest BCUT2D eigenvalue weighted by atomic mass is 9.94. The van der Waals surface area contributed by atoms with Crippen LogP contribution in [0.3, 0.4) is 0 Å². The summed E-state index contributed by atoms with van der Waals surface area (Å²) in [6.45, 7) is 7.49. The fraction of sp³-hybridized carbons (Fsp3) is 0.968. The second-order valence-corrected chi connectivity index (χ2v) is 10.6. The average Bonchev–Trinajstić information content (AvgIpc) is 2.82. The van der Waals surface area contributed by atoms with Crippen LogP contribution in [0, 0.1) is 5.92 Å². The molecule has 198 valence electrons. The van der Waals surface area contributed by atoms with Crippen LogP contribution in [0.1, 0.15) is 181 Å². The van der Waals surface area contributed by atoms with E-state index in [2.05, 4.69) is 20.8 Å². The first-order chi connectivity index (χ1) is 16.2. The third-order valence-electron chi connectivity index (χ3n) is 7.15. The molecule has 1 unspecified atom stereocenters. The second kappa shape index (κ2) is 27.7. The van der Waals surface area contributed by atoms with Crippen molar-refractivity contribution in [3.05, 3.63) is 0 Å². The molecule has 2 nitrogen and oxygen atoms in total. The normalized spacial score (nSPS) is 12.2. The Morgan fingerprint density at radius 3 is 1.21 bits per heavy atom. The van der Waals surface area contributed by atoms with Crippen molar-refractivity contribution in [1.29, 1.82) is 0 Å². The van der Waals surface area contributed by atoms with E-state index in [1.807, 2.05) is 0 Å². The SMILES string of the molecule is CCCCCCCCCCC(=O)OCC(CCCCCCCC)CCCCCCCCCC. The quantitative estimate of drug-likeness (QED) is 0.0888. The van der Waals surface area contributed by atoms with Crippen molar-refractivity contribution in [2.24, 2.45) is 5.92 Å². The van der Waals surface area contributed by atoms with E-state index in [1.54, 1.807) is 0 Å². The minimum atomic E-state index is 0.0462. The van der Waals surface area contributed by atoms with E-state index in [0.29, 0.717) is 18.9 Å². The highest BCUT2D eigenvalue weighted by molar-refractivity contribution is 5.69. The molecule has 0 fully saturated rings. The van der Waals surface area contributed by atoms with E-state index in [9.17, 15) is 4.79 Å². The molecular formula is C31H62O2. The average molecular weight is 467 g/mol. The Labute approximate surface area is 209 Å². The molecule has 0 amide bonds. The molecule has 0 spiro atoms. The molecule has 0 aromatic heterocycles. The molecule has 0 aliphatic heterocycles. The van der Waals surface area contributed by atoms with Gasteiger partial charge in [0.05, 0.1) is 6.61 Å². The summed E-state index contributed by atoms with van der Waals surface area (Å²) in [5.74, 6) is 0.628. The summed E-state index contributed by atoms with van der Waals surface area (Å²) >= 11 is 0. The van der Waals surface area contributed by atoms with Crippen molar-refractivity contribution < 1.29 is 9.53 Å². The van der Waals surface area contributed by atoms with Crippen molar-refractivity contribution in [3.8, 4) is 0 Å². The summed E-state index contributed by atoms with van der Waals surface area (Å²) in [4.78, 5) is 12.2. The van der Waals surface area contributed by atoms with Gasteiger partial charge in [0.15, 0.2) is 0 Å². The maximum Gasteiger partial charge on any atom is 0.305 e. The highest BCUT2D eigenvalue weighted by Crippen LogP contribution is 2.20. The van der Waals surface area contributed by atoms with E-state index in [-0.39, 0.29) is 5.97 Å². The molecule has 0 aliphatic rings. The molecule has 0 aromatic carbocycles. The summed E-state index contributed by atoms with van der Waals surface area (Å²) in [6.07, 6.45) is 32.4. The summed E-state index contributed by atoms with van der Waals surface area (Å²) in [7, 11) is 0. The summed E-state index contributed by atoms with van der Waals surface area (Å²) in [6, 6.07) is 0. The third kappa shape index (κ3) is 25.9. The lowest BCUT2D eigenvalue weighted by Crippen LogP contribution is -2.14. The van der Waals surface area contributed by atoms with Gasteiger partial charge in [0, 0.05) is 6.42 Å². The first-order valence-corrected chi connectivity index (χ1v) is 15.4. The Hall–Kier alpha value is -0.530. The molecule has 2 heteroatoms. The van der Waals surface area contributed by atoms with Gasteiger partial charge < -0.3 is 4.74 Å². The Morgan fingerprint density at radius 2 is 0.818 bits per heavy atom. The monoisotopic (exact) mass is 466 g/mol. The van der Waals surface area contributed by atoms with Gasteiger partial charge in [-0.05, 0) is 25.2 Å². The fourth-order valence-corrected chi connectivity index (χ4v) is 4.78. The molecule has 0 bridgehead atoms. The summed E-state index contributed by atoms with van der Waals surface area (Å²) in [5.41, 5.74) is 0. The maximum absolute atomic E-state index is 12.2. The van der Waals surface area contributed by atoms with Crippen LogP contribution in [-0.4, -0.2) is 12.6 Å². The molecule has 1 atom stereocenters. The lowest BCUT2D eigenvalue weighted by molar-refractivity contribution is -0.145. The van der Waals surface area contributed by atoms with E-state index in [1.165, 1.54) is 148 Å². The van der Waals surface area contributed by atoms with Gasteiger partial charge in [0.2, 0.25) is 0 Å². The molecule has 0 rings (SSSR count). The van der Waals surface area contributed by atoms with Crippen LogP contribution in [0.4, 0.5) is 0 Å². The molecule has 0 radical (unpaired) electrons. The zero-order valence-corrected chi connectivity index (χ0v) is 23.3. The highest BCUT2D eigenvalue weighted by atomic mass is 16.5.